The van der Waals surface area contributed by atoms with Gasteiger partial charge in [-0.3, -0.25) is 9.97 Å². The molecule has 0 aromatic carbocycles. The van der Waals surface area contributed by atoms with Gasteiger partial charge in [0, 0.05) is 35.9 Å². The van der Waals surface area contributed by atoms with Crippen molar-refractivity contribution >= 4 is 11.9 Å². The van der Waals surface area contributed by atoms with Crippen LogP contribution in [-0.2, 0) is 28.4 Å². The van der Waals surface area contributed by atoms with Crippen molar-refractivity contribution in [1.29, 1.82) is 0 Å². The van der Waals surface area contributed by atoms with Crippen LogP contribution in [0.4, 0.5) is 0 Å². The van der Waals surface area contributed by atoms with Gasteiger partial charge in [0.25, 0.3) is 0 Å². The Hall–Kier alpha value is -2.92. The highest BCUT2D eigenvalue weighted by atomic mass is 16.6. The zero-order chi connectivity index (χ0) is 22.4. The van der Waals surface area contributed by atoms with Crippen LogP contribution in [0.5, 0.6) is 0 Å². The van der Waals surface area contributed by atoms with Crippen molar-refractivity contribution in [2.24, 2.45) is 0 Å². The van der Waals surface area contributed by atoms with Crippen molar-refractivity contribution in [2.45, 2.75) is 0 Å². The average molecular weight is 446 g/mol. The molecule has 0 aliphatic carbocycles. The predicted octanol–water partition coefficient (Wildman–Crippen LogP) is 1.54. The van der Waals surface area contributed by atoms with Crippen LogP contribution in [-0.4, -0.2) is 88.0 Å². The lowest BCUT2D eigenvalue weighted by Crippen LogP contribution is -2.17. The Bertz CT molecular complexity index is 805. The van der Waals surface area contributed by atoms with Gasteiger partial charge in [0.2, 0.25) is 0 Å². The molecule has 0 unspecified atom stereocenters. The number of cyclic esters (lactones) is 2. The number of nitrogens with zero attached hydrogens (tertiary/aromatic N) is 2. The van der Waals surface area contributed by atoms with Crippen LogP contribution in [0.1, 0.15) is 20.7 Å². The monoisotopic (exact) mass is 446 g/mol. The molecule has 0 saturated heterocycles. The standard InChI is InChI=1S/C22H26N2O8/c25-21-19-15-23-3-1-17(19)18-2-4-24-16-20(18)22(26)32-14-12-30-10-8-28-6-5-27-7-9-29-11-13-31-21/h1-4,15-16H,5-14H2. The maximum Gasteiger partial charge on any atom is 0.340 e. The summed E-state index contributed by atoms with van der Waals surface area (Å²) in [4.78, 5) is 33.3. The molecule has 0 radical (unpaired) electrons. The first-order valence-corrected chi connectivity index (χ1v) is 10.3. The van der Waals surface area contributed by atoms with E-state index in [2.05, 4.69) is 9.97 Å². The summed E-state index contributed by atoms with van der Waals surface area (Å²) in [5, 5.41) is 0. The Balaban J connectivity index is 1.74. The largest absolute Gasteiger partial charge is 0.460 e. The van der Waals surface area contributed by atoms with E-state index in [1.807, 2.05) is 0 Å². The van der Waals surface area contributed by atoms with Gasteiger partial charge < -0.3 is 28.4 Å². The number of hydrogen-bond acceptors (Lipinski definition) is 10. The fourth-order valence-electron chi connectivity index (χ4n) is 2.89. The third kappa shape index (κ3) is 7.34. The molecule has 0 saturated carbocycles. The van der Waals surface area contributed by atoms with E-state index in [1.54, 1.807) is 12.1 Å². The molecule has 172 valence electrons. The van der Waals surface area contributed by atoms with Crippen LogP contribution in [0.3, 0.4) is 0 Å². The van der Waals surface area contributed by atoms with Gasteiger partial charge in [-0.05, 0) is 12.1 Å². The van der Waals surface area contributed by atoms with Gasteiger partial charge >= 0.3 is 11.9 Å². The number of carbonyl (C=O) groups is 2. The van der Waals surface area contributed by atoms with E-state index < -0.39 is 11.9 Å². The van der Waals surface area contributed by atoms with Crippen LogP contribution in [0.2, 0.25) is 0 Å². The minimum Gasteiger partial charge on any atom is -0.460 e. The first-order chi connectivity index (χ1) is 15.8. The van der Waals surface area contributed by atoms with E-state index >= 15 is 0 Å². The molecule has 2 aromatic heterocycles. The van der Waals surface area contributed by atoms with Crippen LogP contribution in [0, 0.1) is 0 Å². The third-order valence-corrected chi connectivity index (χ3v) is 4.41. The fourth-order valence-corrected chi connectivity index (χ4v) is 2.89. The van der Waals surface area contributed by atoms with Gasteiger partial charge in [0.15, 0.2) is 0 Å². The number of hydrogen-bond donors (Lipinski definition) is 0. The van der Waals surface area contributed by atoms with Crippen LogP contribution >= 0.6 is 0 Å². The third-order valence-electron chi connectivity index (χ3n) is 4.41. The summed E-state index contributed by atoms with van der Waals surface area (Å²) in [5.74, 6) is -1.14. The smallest absolute Gasteiger partial charge is 0.340 e. The highest BCUT2D eigenvalue weighted by molar-refractivity contribution is 6.02. The normalized spacial score (nSPS) is 18.1. The first kappa shape index (κ1) is 23.7. The van der Waals surface area contributed by atoms with Gasteiger partial charge in [0.05, 0.1) is 64.0 Å². The molecular weight excluding hydrogens is 420 g/mol. The summed E-state index contributed by atoms with van der Waals surface area (Å²) in [6, 6.07) is 3.27. The molecule has 3 rings (SSSR count). The topological polar surface area (TPSA) is 115 Å². The van der Waals surface area contributed by atoms with E-state index in [4.69, 9.17) is 28.4 Å². The Morgan fingerprint density at radius 1 is 0.500 bits per heavy atom. The predicted molar refractivity (Wildman–Crippen MR) is 111 cm³/mol. The quantitative estimate of drug-likeness (QED) is 0.552. The molecule has 0 N–H and O–H groups in total. The maximum absolute atomic E-state index is 12.6. The molecule has 1 aliphatic heterocycles. The Morgan fingerprint density at radius 3 is 1.22 bits per heavy atom. The SMILES string of the molecule is O=C1OCCOCCOCCOCCOCCOC(=O)c2cnccc2-c2ccncc21. The molecular formula is C22H26N2O8. The number of pyridine rings is 2. The molecule has 10 nitrogen and oxygen atoms in total. The summed E-state index contributed by atoms with van der Waals surface area (Å²) >= 11 is 0. The summed E-state index contributed by atoms with van der Waals surface area (Å²) < 4.78 is 32.2. The van der Waals surface area contributed by atoms with E-state index in [9.17, 15) is 9.59 Å². The molecule has 2 aromatic rings. The zero-order valence-electron chi connectivity index (χ0n) is 17.7. The van der Waals surface area contributed by atoms with E-state index in [0.29, 0.717) is 50.8 Å². The minimum atomic E-state index is -0.572. The van der Waals surface area contributed by atoms with Crippen LogP contribution < -0.4 is 0 Å². The summed E-state index contributed by atoms with van der Waals surface area (Å²) in [7, 11) is 0. The van der Waals surface area contributed by atoms with Gasteiger partial charge in [0.1, 0.15) is 13.2 Å². The molecule has 10 heteroatoms. The van der Waals surface area contributed by atoms with Crippen molar-refractivity contribution in [3.05, 3.63) is 48.0 Å². The van der Waals surface area contributed by atoms with E-state index in [1.165, 1.54) is 24.8 Å². The molecule has 0 bridgehead atoms. The maximum atomic E-state index is 12.6. The lowest BCUT2D eigenvalue weighted by Gasteiger charge is -2.13. The highest BCUT2D eigenvalue weighted by Crippen LogP contribution is 2.27. The minimum absolute atomic E-state index is 0.0710. The Morgan fingerprint density at radius 2 is 0.844 bits per heavy atom. The lowest BCUT2D eigenvalue weighted by molar-refractivity contribution is -0.0136. The second kappa shape index (κ2) is 13.5. The fraction of sp³-hybridized carbons (Fsp3) is 0.455. The van der Waals surface area contributed by atoms with Gasteiger partial charge in [-0.1, -0.05) is 0 Å². The van der Waals surface area contributed by atoms with Crippen LogP contribution in [0.25, 0.3) is 11.1 Å². The lowest BCUT2D eigenvalue weighted by atomic mass is 9.98. The second-order valence-electron chi connectivity index (χ2n) is 6.56. The second-order valence-corrected chi connectivity index (χ2v) is 6.56. The van der Waals surface area contributed by atoms with Crippen LogP contribution in [0.15, 0.2) is 36.9 Å². The van der Waals surface area contributed by atoms with E-state index in [0.717, 1.165) is 0 Å². The Kier molecular flexibility index (Phi) is 10.0. The molecule has 0 fully saturated rings. The summed E-state index contributed by atoms with van der Waals surface area (Å²) in [5.41, 5.74) is 1.43. The number of aromatic nitrogens is 2. The first-order valence-electron chi connectivity index (χ1n) is 10.3. The molecule has 0 amide bonds. The number of carbonyl (C=O) groups excluding carboxylic acids is 2. The molecule has 3 heterocycles. The Labute approximate surface area is 185 Å². The van der Waals surface area contributed by atoms with Gasteiger partial charge in [-0.2, -0.15) is 0 Å². The summed E-state index contributed by atoms with van der Waals surface area (Å²) in [6.45, 7) is 3.05. The number of esters is 2. The summed E-state index contributed by atoms with van der Waals surface area (Å²) in [6.07, 6.45) is 5.86. The number of rotatable bonds is 0. The zero-order valence-corrected chi connectivity index (χ0v) is 17.7. The van der Waals surface area contributed by atoms with E-state index in [-0.39, 0.29) is 37.6 Å². The van der Waals surface area contributed by atoms with Gasteiger partial charge in [-0.25, -0.2) is 9.59 Å². The molecule has 0 atom stereocenters. The van der Waals surface area contributed by atoms with Crippen molar-refractivity contribution in [1.82, 2.24) is 9.97 Å². The molecule has 0 spiro atoms. The highest BCUT2D eigenvalue weighted by Gasteiger charge is 2.20. The van der Waals surface area contributed by atoms with Crippen molar-refractivity contribution < 1.29 is 38.0 Å². The van der Waals surface area contributed by atoms with Crippen molar-refractivity contribution in [2.75, 3.05) is 66.1 Å². The van der Waals surface area contributed by atoms with Crippen molar-refractivity contribution in [3.63, 3.8) is 0 Å². The van der Waals surface area contributed by atoms with Gasteiger partial charge in [-0.15, -0.1) is 0 Å². The number of ether oxygens (including phenoxy) is 6. The number of fused-ring (bicyclic) bond motifs is 3. The average Bonchev–Trinajstić information content (AvgIpc) is 2.83. The van der Waals surface area contributed by atoms with Crippen molar-refractivity contribution in [3.8, 4) is 11.1 Å². The molecule has 1 aliphatic rings. The molecule has 32 heavy (non-hydrogen) atoms.